The third-order valence-electron chi connectivity index (χ3n) is 4.76. The van der Waals surface area contributed by atoms with Gasteiger partial charge in [-0.05, 0) is 60.3 Å². The molecule has 2 aliphatic heterocycles. The number of amidine groups is 2. The van der Waals surface area contributed by atoms with Crippen LogP contribution in [0.15, 0.2) is 88.6 Å². The Morgan fingerprint density at radius 2 is 1.94 bits per heavy atom. The fourth-order valence-electron chi connectivity index (χ4n) is 3.27. The van der Waals surface area contributed by atoms with Crippen molar-refractivity contribution in [2.24, 2.45) is 10.1 Å². The number of aromatic nitrogens is 1. The largest absolute Gasteiger partial charge is 0.487 e. The summed E-state index contributed by atoms with van der Waals surface area (Å²) in [6.45, 7) is 0.202. The molecule has 0 spiro atoms. The quantitative estimate of drug-likeness (QED) is 0.593. The van der Waals surface area contributed by atoms with Crippen molar-refractivity contribution >= 4 is 39.8 Å². The molecule has 1 aromatic heterocycles. The lowest BCUT2D eigenvalue weighted by molar-refractivity contribution is -0.114. The molecule has 3 heterocycles. The van der Waals surface area contributed by atoms with E-state index in [-0.39, 0.29) is 23.8 Å². The summed E-state index contributed by atoms with van der Waals surface area (Å²) in [5.74, 6) is -0.262. The summed E-state index contributed by atoms with van der Waals surface area (Å²) in [5, 5.41) is 15.2. The van der Waals surface area contributed by atoms with Crippen molar-refractivity contribution in [3.63, 3.8) is 0 Å². The lowest BCUT2D eigenvalue weighted by Gasteiger charge is -2.20. The molecule has 7 nitrogen and oxygen atoms in total. The van der Waals surface area contributed by atoms with Crippen LogP contribution in [0.4, 0.5) is 4.39 Å². The van der Waals surface area contributed by atoms with E-state index in [0.717, 1.165) is 0 Å². The van der Waals surface area contributed by atoms with Crippen LogP contribution >= 0.6 is 11.8 Å². The normalized spacial score (nSPS) is 16.8. The van der Waals surface area contributed by atoms with E-state index >= 15 is 0 Å². The Kier molecular flexibility index (Phi) is 5.16. The predicted molar refractivity (Wildman–Crippen MR) is 123 cm³/mol. The number of carbonyl (C=O) groups is 1. The predicted octanol–water partition coefficient (Wildman–Crippen LogP) is 4.31. The molecule has 158 valence electrons. The minimum atomic E-state index is -0.527. The Morgan fingerprint density at radius 3 is 2.75 bits per heavy atom. The van der Waals surface area contributed by atoms with Gasteiger partial charge in [0.05, 0.1) is 5.57 Å². The smallest absolute Gasteiger partial charge is 0.283 e. The highest BCUT2D eigenvalue weighted by molar-refractivity contribution is 8.27. The van der Waals surface area contributed by atoms with Crippen molar-refractivity contribution in [1.29, 1.82) is 5.41 Å². The molecule has 0 saturated heterocycles. The summed E-state index contributed by atoms with van der Waals surface area (Å²) in [6.07, 6.45) is 3.32. The average molecular weight is 445 g/mol. The molecule has 1 N–H and O–H groups in total. The van der Waals surface area contributed by atoms with E-state index in [1.807, 2.05) is 30.3 Å². The highest BCUT2D eigenvalue weighted by atomic mass is 32.2. The lowest BCUT2D eigenvalue weighted by atomic mass is 10.1. The van der Waals surface area contributed by atoms with Crippen LogP contribution in [0, 0.1) is 11.2 Å². The number of aliphatic imine (C=N–C) groups is 1. The van der Waals surface area contributed by atoms with E-state index in [0.29, 0.717) is 27.3 Å². The molecule has 0 unspecified atom stereocenters. The van der Waals surface area contributed by atoms with Crippen LogP contribution in [-0.2, 0) is 4.79 Å². The topological polar surface area (TPSA) is 83.0 Å². The molecule has 0 aliphatic carbocycles. The first kappa shape index (κ1) is 20.0. The van der Waals surface area contributed by atoms with E-state index in [1.165, 1.54) is 28.9 Å². The number of hydrazone groups is 1. The highest BCUT2D eigenvalue weighted by Crippen LogP contribution is 2.29. The summed E-state index contributed by atoms with van der Waals surface area (Å²) in [4.78, 5) is 16.8. The fraction of sp³-hybridized carbons (Fsp3) is 0.0435. The zero-order valence-electron chi connectivity index (χ0n) is 16.6. The number of fused-ring (bicyclic) bond motifs is 1. The van der Waals surface area contributed by atoms with Gasteiger partial charge in [-0.25, -0.2) is 4.39 Å². The summed E-state index contributed by atoms with van der Waals surface area (Å²) >= 11 is 1.20. The molecule has 0 radical (unpaired) electrons. The zero-order valence-corrected chi connectivity index (χ0v) is 17.4. The van der Waals surface area contributed by atoms with Gasteiger partial charge in [-0.2, -0.15) is 15.1 Å². The zero-order chi connectivity index (χ0) is 22.1. The first-order valence-corrected chi connectivity index (χ1v) is 10.5. The first-order chi connectivity index (χ1) is 15.6. The Morgan fingerprint density at radius 1 is 1.09 bits per heavy atom. The molecule has 0 atom stereocenters. The second kappa shape index (κ2) is 8.27. The molecular formula is C23H16FN5O2S. The number of ether oxygens (including phenoxy) is 1. The van der Waals surface area contributed by atoms with Gasteiger partial charge in [-0.1, -0.05) is 24.3 Å². The summed E-state index contributed by atoms with van der Waals surface area (Å²) in [6, 6.07) is 19.0. The van der Waals surface area contributed by atoms with Crippen LogP contribution < -0.4 is 4.74 Å². The van der Waals surface area contributed by atoms with Gasteiger partial charge < -0.3 is 9.30 Å². The number of hydrogen-bond donors (Lipinski definition) is 1. The van der Waals surface area contributed by atoms with Crippen LogP contribution in [0.25, 0.3) is 11.8 Å². The molecule has 0 fully saturated rings. The van der Waals surface area contributed by atoms with Gasteiger partial charge in [0.25, 0.3) is 5.91 Å². The minimum Gasteiger partial charge on any atom is -0.487 e. The van der Waals surface area contributed by atoms with Crippen molar-refractivity contribution in [3.05, 3.63) is 90.0 Å². The van der Waals surface area contributed by atoms with Crippen LogP contribution in [0.3, 0.4) is 0 Å². The van der Waals surface area contributed by atoms with Crippen LogP contribution in [-0.4, -0.2) is 38.1 Å². The summed E-state index contributed by atoms with van der Waals surface area (Å²) in [5.41, 5.74) is 1.32. The third kappa shape index (κ3) is 3.85. The number of para-hydroxylation sites is 1. The molecule has 2 aromatic carbocycles. The van der Waals surface area contributed by atoms with Gasteiger partial charge in [-0.3, -0.25) is 10.2 Å². The van der Waals surface area contributed by atoms with Crippen molar-refractivity contribution < 1.29 is 13.9 Å². The molecule has 2 aliphatic rings. The molecule has 0 saturated carbocycles. The molecule has 32 heavy (non-hydrogen) atoms. The SMILES string of the molecule is N=C1/C(=C\c2cccn2-c2cccc(F)c2)C(=O)N=C2SC(COc3ccccc3)=NN12. The maximum atomic E-state index is 13.7. The fourth-order valence-corrected chi connectivity index (χ4v) is 4.07. The van der Waals surface area contributed by atoms with E-state index in [9.17, 15) is 9.18 Å². The molecular weight excluding hydrogens is 429 g/mol. The van der Waals surface area contributed by atoms with E-state index < -0.39 is 5.91 Å². The highest BCUT2D eigenvalue weighted by Gasteiger charge is 2.36. The van der Waals surface area contributed by atoms with Gasteiger partial charge >= 0.3 is 0 Å². The molecule has 9 heteroatoms. The van der Waals surface area contributed by atoms with Gasteiger partial charge in [0.15, 0.2) is 5.84 Å². The molecule has 1 amide bonds. The number of amides is 1. The Bertz CT molecular complexity index is 1310. The van der Waals surface area contributed by atoms with Gasteiger partial charge in [0.2, 0.25) is 5.17 Å². The van der Waals surface area contributed by atoms with E-state index in [2.05, 4.69) is 10.1 Å². The monoisotopic (exact) mass is 445 g/mol. The van der Waals surface area contributed by atoms with E-state index in [4.69, 9.17) is 10.1 Å². The Balaban J connectivity index is 1.40. The lowest BCUT2D eigenvalue weighted by Crippen LogP contribution is -2.35. The van der Waals surface area contributed by atoms with Crippen LogP contribution in [0.1, 0.15) is 5.69 Å². The number of thioether (sulfide) groups is 1. The van der Waals surface area contributed by atoms with Crippen molar-refractivity contribution in [1.82, 2.24) is 9.58 Å². The Labute approximate surface area is 187 Å². The van der Waals surface area contributed by atoms with E-state index in [1.54, 1.807) is 41.1 Å². The van der Waals surface area contributed by atoms with Crippen molar-refractivity contribution in [2.45, 2.75) is 0 Å². The maximum absolute atomic E-state index is 13.7. The number of halogens is 1. The molecule has 0 bridgehead atoms. The number of hydrogen-bond acceptors (Lipinski definition) is 5. The summed E-state index contributed by atoms with van der Waals surface area (Å²) in [7, 11) is 0. The Hall–Kier alpha value is -3.98. The van der Waals surface area contributed by atoms with Crippen molar-refractivity contribution in [2.75, 3.05) is 6.61 Å². The van der Waals surface area contributed by atoms with Crippen molar-refractivity contribution in [3.8, 4) is 11.4 Å². The van der Waals surface area contributed by atoms with Gasteiger partial charge in [0.1, 0.15) is 23.2 Å². The number of nitrogens with zero attached hydrogens (tertiary/aromatic N) is 4. The average Bonchev–Trinajstić information content (AvgIpc) is 3.43. The second-order valence-corrected chi connectivity index (χ2v) is 7.94. The standard InChI is InChI=1S/C23H16FN5O2S/c24-15-6-4-7-16(12-15)28-11-5-8-17(28)13-19-21(25)29-23(26-22(19)30)32-20(27-29)14-31-18-9-2-1-3-10-18/h1-13,25H,14H2/b19-13+,25-21?. The van der Waals surface area contributed by atoms with Gasteiger partial charge in [0, 0.05) is 17.6 Å². The van der Waals surface area contributed by atoms with Crippen LogP contribution in [0.5, 0.6) is 5.75 Å². The molecule has 3 aromatic rings. The van der Waals surface area contributed by atoms with Gasteiger partial charge in [-0.15, -0.1) is 0 Å². The third-order valence-corrected chi connectivity index (χ3v) is 5.64. The minimum absolute atomic E-state index is 0.0748. The maximum Gasteiger partial charge on any atom is 0.283 e. The number of rotatable bonds is 5. The number of nitrogens with one attached hydrogen (secondary N) is 1. The second-order valence-electron chi connectivity index (χ2n) is 6.90. The number of benzene rings is 2. The summed E-state index contributed by atoms with van der Waals surface area (Å²) < 4.78 is 21.1. The first-order valence-electron chi connectivity index (χ1n) is 9.69. The molecule has 5 rings (SSSR count). The number of carbonyl (C=O) groups excluding carboxylic acids is 1. The van der Waals surface area contributed by atoms with Crippen LogP contribution in [0.2, 0.25) is 0 Å².